The summed E-state index contributed by atoms with van der Waals surface area (Å²) in [5.74, 6) is -0.279. The second-order valence-electron chi connectivity index (χ2n) is 15.9. The minimum Gasteiger partial charge on any atom is -0.387 e. The summed E-state index contributed by atoms with van der Waals surface area (Å²) < 4.78 is 0. The lowest BCUT2D eigenvalue weighted by molar-refractivity contribution is -0.134. The quantitative estimate of drug-likeness (QED) is 0.0897. The normalized spacial score (nSPS) is 13.8. The monoisotopic (exact) mass is 666 g/mol. The Morgan fingerprint density at radius 2 is 0.816 bits per heavy atom. The van der Waals surface area contributed by atoms with E-state index >= 15 is 0 Å². The minimum absolute atomic E-state index is 0.169. The number of amides is 2. The number of carbonyl (C=O) groups excluding carboxylic acids is 2. The number of hydrogen-bond donors (Lipinski definition) is 4. The largest absolute Gasteiger partial charge is 0.387 e. The maximum atomic E-state index is 14.0. The molecule has 0 spiro atoms. The molecule has 4 aromatic carbocycles. The Hall–Kier alpha value is -3.74. The van der Waals surface area contributed by atoms with Crippen LogP contribution in [-0.4, -0.2) is 33.2 Å². The lowest BCUT2D eigenvalue weighted by atomic mass is 9.75. The van der Waals surface area contributed by atoms with Gasteiger partial charge in [0.2, 0.25) is 11.8 Å². The van der Waals surface area contributed by atoms with Gasteiger partial charge in [-0.15, -0.1) is 0 Å². The van der Waals surface area contributed by atoms with Crippen LogP contribution < -0.4 is 10.6 Å². The summed E-state index contributed by atoms with van der Waals surface area (Å²) in [4.78, 5) is 28.0. The van der Waals surface area contributed by atoms with Gasteiger partial charge in [-0.1, -0.05) is 140 Å². The van der Waals surface area contributed by atoms with Crippen LogP contribution in [0.3, 0.4) is 0 Å². The molecule has 2 atom stereocenters. The van der Waals surface area contributed by atoms with Crippen LogP contribution in [0.15, 0.2) is 84.9 Å². The Bertz CT molecular complexity index is 1550. The van der Waals surface area contributed by atoms with Crippen LogP contribution in [0.4, 0.5) is 0 Å². The molecule has 0 radical (unpaired) electrons. The van der Waals surface area contributed by atoms with Crippen LogP contribution in [0.25, 0.3) is 21.5 Å². The Labute approximate surface area is 293 Å². The Balaban J connectivity index is 1.72. The molecule has 0 heterocycles. The van der Waals surface area contributed by atoms with Gasteiger partial charge in [0, 0.05) is 0 Å². The van der Waals surface area contributed by atoms with Gasteiger partial charge in [0.1, 0.15) is 6.42 Å². The molecule has 6 heteroatoms. The van der Waals surface area contributed by atoms with Crippen molar-refractivity contribution in [3.05, 3.63) is 96.1 Å². The van der Waals surface area contributed by atoms with Crippen LogP contribution in [0.5, 0.6) is 0 Å². The SMILES string of the molecule is CC(C)CC(O)(CC(C)C)[C@@H](NC(=O)CC(=O)N[C@@H](c1cccc2ccccc12)C(O)(CC(C)C)CC(C)C)c1cccc2ccccc12. The van der Waals surface area contributed by atoms with Gasteiger partial charge in [-0.25, -0.2) is 0 Å². The van der Waals surface area contributed by atoms with E-state index in [0.717, 1.165) is 32.7 Å². The average Bonchev–Trinajstić information content (AvgIpc) is 3.00. The first-order valence-electron chi connectivity index (χ1n) is 18.1. The van der Waals surface area contributed by atoms with E-state index in [-0.39, 0.29) is 23.7 Å². The van der Waals surface area contributed by atoms with E-state index in [1.54, 1.807) is 0 Å². The first kappa shape index (κ1) is 38.1. The summed E-state index contributed by atoms with van der Waals surface area (Å²) in [6, 6.07) is 26.4. The maximum Gasteiger partial charge on any atom is 0.230 e. The van der Waals surface area contributed by atoms with E-state index in [4.69, 9.17) is 0 Å². The van der Waals surface area contributed by atoms with Crippen molar-refractivity contribution in [1.82, 2.24) is 10.6 Å². The molecule has 0 aromatic heterocycles. The smallest absolute Gasteiger partial charge is 0.230 e. The van der Waals surface area contributed by atoms with Gasteiger partial charge < -0.3 is 20.8 Å². The Morgan fingerprint density at radius 1 is 0.510 bits per heavy atom. The predicted octanol–water partition coefficient (Wildman–Crippen LogP) is 9.04. The van der Waals surface area contributed by atoms with Crippen molar-refractivity contribution in [2.45, 2.75) is 111 Å². The molecule has 264 valence electrons. The van der Waals surface area contributed by atoms with Crippen molar-refractivity contribution < 1.29 is 19.8 Å². The van der Waals surface area contributed by atoms with E-state index in [2.05, 4.69) is 66.0 Å². The molecular formula is C43H58N2O4. The number of aliphatic hydroxyl groups is 2. The molecule has 49 heavy (non-hydrogen) atoms. The van der Waals surface area contributed by atoms with E-state index in [0.29, 0.717) is 25.7 Å². The second-order valence-corrected chi connectivity index (χ2v) is 15.9. The van der Waals surface area contributed by atoms with Gasteiger partial charge in [-0.3, -0.25) is 9.59 Å². The van der Waals surface area contributed by atoms with E-state index in [9.17, 15) is 19.8 Å². The van der Waals surface area contributed by atoms with Gasteiger partial charge in [-0.05, 0) is 82.0 Å². The van der Waals surface area contributed by atoms with Crippen molar-refractivity contribution in [2.75, 3.05) is 0 Å². The number of nitrogens with one attached hydrogen (secondary N) is 2. The standard InChI is InChI=1S/C43H58N2O4/c1-28(2)24-42(48,25-29(3)4)40(36-21-13-17-32-15-9-11-19-34(32)36)44-38(46)23-39(47)45-41(43(49,26-30(5)6)27-31(7)8)37-22-14-18-33-16-10-12-20-35(33)37/h9-22,28-31,40-41,48-49H,23-27H2,1-8H3,(H,44,46)(H,45,47)/t40-,41-/m0/s1. The molecule has 0 saturated carbocycles. The van der Waals surface area contributed by atoms with Crippen molar-refractivity contribution in [1.29, 1.82) is 0 Å². The molecule has 4 aromatic rings. The molecule has 0 fully saturated rings. The number of hydrogen-bond acceptors (Lipinski definition) is 4. The van der Waals surface area contributed by atoms with Crippen LogP contribution in [0, 0.1) is 23.7 Å². The summed E-state index contributed by atoms with van der Waals surface area (Å²) in [5, 5.41) is 35.1. The van der Waals surface area contributed by atoms with Crippen LogP contribution in [0.1, 0.15) is 111 Å². The van der Waals surface area contributed by atoms with Crippen molar-refractivity contribution in [3.8, 4) is 0 Å². The molecule has 0 aliphatic carbocycles. The zero-order valence-corrected chi connectivity index (χ0v) is 30.8. The molecular weight excluding hydrogens is 608 g/mol. The fourth-order valence-corrected chi connectivity index (χ4v) is 8.04. The van der Waals surface area contributed by atoms with E-state index < -0.39 is 41.5 Å². The van der Waals surface area contributed by atoms with E-state index in [1.165, 1.54) is 0 Å². The summed E-state index contributed by atoms with van der Waals surface area (Å²) >= 11 is 0. The highest BCUT2D eigenvalue weighted by Crippen LogP contribution is 2.41. The highest BCUT2D eigenvalue weighted by atomic mass is 16.3. The molecule has 4 rings (SSSR count). The first-order chi connectivity index (χ1) is 23.1. The van der Waals surface area contributed by atoms with Crippen molar-refractivity contribution >= 4 is 33.4 Å². The van der Waals surface area contributed by atoms with E-state index in [1.807, 2.05) is 84.9 Å². The molecule has 4 N–H and O–H groups in total. The van der Waals surface area contributed by atoms with Crippen molar-refractivity contribution in [3.63, 3.8) is 0 Å². The van der Waals surface area contributed by atoms with Crippen LogP contribution >= 0.6 is 0 Å². The van der Waals surface area contributed by atoms with Gasteiger partial charge in [0.15, 0.2) is 0 Å². The third-order valence-corrected chi connectivity index (χ3v) is 9.32. The van der Waals surface area contributed by atoms with Crippen molar-refractivity contribution in [2.24, 2.45) is 23.7 Å². The zero-order chi connectivity index (χ0) is 35.9. The lowest BCUT2D eigenvalue weighted by Gasteiger charge is -2.41. The number of benzene rings is 4. The van der Waals surface area contributed by atoms with Gasteiger partial charge in [0.05, 0.1) is 23.3 Å². The molecule has 0 saturated heterocycles. The molecule has 0 aliphatic heterocycles. The third-order valence-electron chi connectivity index (χ3n) is 9.32. The van der Waals surface area contributed by atoms with Gasteiger partial charge in [0.25, 0.3) is 0 Å². The minimum atomic E-state index is -1.25. The number of carbonyl (C=O) groups is 2. The lowest BCUT2D eigenvalue weighted by Crippen LogP contribution is -2.50. The topological polar surface area (TPSA) is 98.7 Å². The first-order valence-corrected chi connectivity index (χ1v) is 18.1. The maximum absolute atomic E-state index is 14.0. The highest BCUT2D eigenvalue weighted by molar-refractivity contribution is 5.98. The summed E-state index contributed by atoms with van der Waals surface area (Å²) in [6.45, 7) is 16.6. The summed E-state index contributed by atoms with van der Waals surface area (Å²) in [6.07, 6.45) is 1.47. The molecule has 0 bridgehead atoms. The van der Waals surface area contributed by atoms with Crippen LogP contribution in [-0.2, 0) is 9.59 Å². The number of rotatable bonds is 16. The Morgan fingerprint density at radius 3 is 1.14 bits per heavy atom. The van der Waals surface area contributed by atoms with Gasteiger partial charge in [-0.2, -0.15) is 0 Å². The highest BCUT2D eigenvalue weighted by Gasteiger charge is 2.42. The fourth-order valence-electron chi connectivity index (χ4n) is 8.04. The summed E-state index contributed by atoms with van der Waals surface area (Å²) in [5.41, 5.74) is -0.849. The average molecular weight is 667 g/mol. The predicted molar refractivity (Wildman–Crippen MR) is 202 cm³/mol. The molecule has 0 aliphatic rings. The summed E-state index contributed by atoms with van der Waals surface area (Å²) in [7, 11) is 0. The fraction of sp³-hybridized carbons (Fsp3) is 0.488. The second kappa shape index (κ2) is 16.3. The Kier molecular flexibility index (Phi) is 12.7. The third kappa shape index (κ3) is 9.70. The molecule has 0 unspecified atom stereocenters. The van der Waals surface area contributed by atoms with Crippen LogP contribution in [0.2, 0.25) is 0 Å². The van der Waals surface area contributed by atoms with Gasteiger partial charge >= 0.3 is 0 Å². The molecule has 2 amide bonds. The number of fused-ring (bicyclic) bond motifs is 2. The zero-order valence-electron chi connectivity index (χ0n) is 30.8. The molecule has 6 nitrogen and oxygen atoms in total.